The maximum absolute atomic E-state index is 12.6. The first-order valence-corrected chi connectivity index (χ1v) is 5.19. The molecule has 0 aliphatic rings. The van der Waals surface area contributed by atoms with Gasteiger partial charge in [-0.2, -0.15) is 0 Å². The molecule has 0 unspecified atom stereocenters. The van der Waals surface area contributed by atoms with Crippen LogP contribution in [0.3, 0.4) is 0 Å². The molecule has 0 aliphatic carbocycles. The Bertz CT molecular complexity index is 473. The zero-order valence-corrected chi connectivity index (χ0v) is 9.68. The second-order valence-corrected chi connectivity index (χ2v) is 3.48. The van der Waals surface area contributed by atoms with Crippen LogP contribution in [0.1, 0.15) is 23.1 Å². The van der Waals surface area contributed by atoms with Gasteiger partial charge in [-0.1, -0.05) is 0 Å². The minimum Gasteiger partial charge on any atom is -0.469 e. The van der Waals surface area contributed by atoms with Gasteiger partial charge in [0.05, 0.1) is 13.5 Å². The van der Waals surface area contributed by atoms with Gasteiger partial charge in [0.15, 0.2) is 0 Å². The van der Waals surface area contributed by atoms with E-state index in [4.69, 9.17) is 11.6 Å². The zero-order chi connectivity index (χ0) is 13.0. The summed E-state index contributed by atoms with van der Waals surface area (Å²) in [6, 6.07) is 0. The summed E-state index contributed by atoms with van der Waals surface area (Å²) in [5, 5.41) is 0. The van der Waals surface area contributed by atoms with E-state index in [2.05, 4.69) is 9.72 Å². The Kier molecular flexibility index (Phi) is 4.62. The number of nitrogens with one attached hydrogen (secondary N) is 1. The molecule has 1 aromatic heterocycles. The lowest BCUT2D eigenvalue weighted by Crippen LogP contribution is -2.21. The Labute approximate surface area is 101 Å². The molecule has 0 saturated carbocycles. The summed E-state index contributed by atoms with van der Waals surface area (Å²) in [5.41, 5.74) is -1.09. The average molecular weight is 266 g/mol. The van der Waals surface area contributed by atoms with Crippen LogP contribution in [-0.2, 0) is 21.8 Å². The summed E-state index contributed by atoms with van der Waals surface area (Å²) in [6.07, 6.45) is -2.24. The topological polar surface area (TPSA) is 59.2 Å². The Morgan fingerprint density at radius 1 is 1.53 bits per heavy atom. The first-order chi connectivity index (χ1) is 8.01. The molecular weight excluding hydrogens is 256 g/mol. The largest absolute Gasteiger partial charge is 0.469 e. The van der Waals surface area contributed by atoms with E-state index in [1.54, 1.807) is 0 Å². The number of rotatable bonds is 4. The van der Waals surface area contributed by atoms with Crippen LogP contribution in [0.15, 0.2) is 11.0 Å². The third kappa shape index (κ3) is 3.03. The molecule has 0 saturated heterocycles. The fourth-order valence-electron chi connectivity index (χ4n) is 1.38. The number of halogens is 3. The van der Waals surface area contributed by atoms with Crippen LogP contribution < -0.4 is 5.56 Å². The van der Waals surface area contributed by atoms with Crippen LogP contribution in [0, 0.1) is 0 Å². The van der Waals surface area contributed by atoms with Crippen molar-refractivity contribution in [3.8, 4) is 0 Å². The molecular formula is C10H10ClF2NO3. The molecule has 94 valence electrons. The third-order valence-electron chi connectivity index (χ3n) is 2.26. The van der Waals surface area contributed by atoms with Crippen molar-refractivity contribution in [3.63, 3.8) is 0 Å². The molecule has 7 heteroatoms. The number of aromatic nitrogens is 1. The Morgan fingerprint density at radius 2 is 2.18 bits per heavy atom. The predicted molar refractivity (Wildman–Crippen MR) is 57.3 cm³/mol. The van der Waals surface area contributed by atoms with Crippen molar-refractivity contribution in [3.05, 3.63) is 33.2 Å². The number of alkyl halides is 3. The minimum absolute atomic E-state index is 0.0178. The molecule has 1 rings (SSSR count). The summed E-state index contributed by atoms with van der Waals surface area (Å²) in [6.45, 7) is 0. The summed E-state index contributed by atoms with van der Waals surface area (Å²) in [4.78, 5) is 24.7. The lowest BCUT2D eigenvalue weighted by atomic mass is 10.0. The number of hydrogen-bond acceptors (Lipinski definition) is 3. The number of esters is 1. The second-order valence-electron chi connectivity index (χ2n) is 3.22. The monoisotopic (exact) mass is 265 g/mol. The molecule has 0 atom stereocenters. The van der Waals surface area contributed by atoms with Gasteiger partial charge in [-0.3, -0.25) is 9.59 Å². The van der Waals surface area contributed by atoms with Crippen molar-refractivity contribution < 1.29 is 18.3 Å². The van der Waals surface area contributed by atoms with Gasteiger partial charge < -0.3 is 9.72 Å². The van der Waals surface area contributed by atoms with Crippen LogP contribution in [0.4, 0.5) is 8.78 Å². The lowest BCUT2D eigenvalue weighted by molar-refractivity contribution is -0.139. The van der Waals surface area contributed by atoms with E-state index in [0.29, 0.717) is 0 Å². The van der Waals surface area contributed by atoms with E-state index in [1.807, 2.05) is 0 Å². The second kappa shape index (κ2) is 5.77. The molecule has 1 N–H and O–H groups in total. The number of aromatic amines is 1. The van der Waals surface area contributed by atoms with E-state index >= 15 is 0 Å². The third-order valence-corrected chi connectivity index (χ3v) is 2.53. The summed E-state index contributed by atoms with van der Waals surface area (Å²) >= 11 is 5.54. The normalized spacial score (nSPS) is 10.6. The maximum Gasteiger partial charge on any atom is 0.310 e. The van der Waals surface area contributed by atoms with Crippen molar-refractivity contribution in [1.82, 2.24) is 4.98 Å². The summed E-state index contributed by atoms with van der Waals surface area (Å²) < 4.78 is 29.7. The highest BCUT2D eigenvalue weighted by Gasteiger charge is 2.20. The summed E-state index contributed by atoms with van der Waals surface area (Å²) in [7, 11) is 1.15. The van der Waals surface area contributed by atoms with E-state index in [0.717, 1.165) is 13.3 Å². The van der Waals surface area contributed by atoms with Crippen molar-refractivity contribution in [2.75, 3.05) is 7.11 Å². The number of methoxy groups -OCH3 is 1. The Hall–Kier alpha value is -1.43. The lowest BCUT2D eigenvalue weighted by Gasteiger charge is -2.10. The first-order valence-electron chi connectivity index (χ1n) is 4.65. The standard InChI is InChI=1S/C10H10ClF2NO3/c1-17-8(15)2-5-6(3-11)7(9(12)13)4-14-10(5)16/h4,9H,2-3H2,1H3,(H,14,16). The molecule has 1 aromatic rings. The molecule has 4 nitrogen and oxygen atoms in total. The van der Waals surface area contributed by atoms with Gasteiger partial charge in [0.2, 0.25) is 0 Å². The van der Waals surface area contributed by atoms with Crippen molar-refractivity contribution >= 4 is 17.6 Å². The molecule has 17 heavy (non-hydrogen) atoms. The van der Waals surface area contributed by atoms with Crippen LogP contribution in [0.5, 0.6) is 0 Å². The van der Waals surface area contributed by atoms with Gasteiger partial charge in [-0.05, 0) is 5.56 Å². The Balaban J connectivity index is 3.30. The fraction of sp³-hybridized carbons (Fsp3) is 0.400. The molecule has 0 aliphatic heterocycles. The van der Waals surface area contributed by atoms with Crippen LogP contribution in [0.25, 0.3) is 0 Å². The number of carbonyl (C=O) groups is 1. The smallest absolute Gasteiger partial charge is 0.310 e. The predicted octanol–water partition coefficient (Wildman–Crippen LogP) is 1.77. The van der Waals surface area contributed by atoms with Gasteiger partial charge in [0.25, 0.3) is 12.0 Å². The number of pyridine rings is 1. The fourth-order valence-corrected chi connectivity index (χ4v) is 1.70. The van der Waals surface area contributed by atoms with Gasteiger partial charge >= 0.3 is 5.97 Å². The number of carbonyl (C=O) groups excluding carboxylic acids is 1. The van der Waals surface area contributed by atoms with Gasteiger partial charge in [0.1, 0.15) is 0 Å². The molecule has 1 heterocycles. The highest BCUT2D eigenvalue weighted by Crippen LogP contribution is 2.24. The first kappa shape index (κ1) is 13.6. The molecule has 0 bridgehead atoms. The van der Waals surface area contributed by atoms with Crippen LogP contribution >= 0.6 is 11.6 Å². The van der Waals surface area contributed by atoms with Gasteiger partial charge in [0, 0.05) is 23.2 Å². The highest BCUT2D eigenvalue weighted by atomic mass is 35.5. The maximum atomic E-state index is 12.6. The van der Waals surface area contributed by atoms with E-state index in [-0.39, 0.29) is 29.0 Å². The van der Waals surface area contributed by atoms with Gasteiger partial charge in [-0.15, -0.1) is 11.6 Å². The molecule has 0 aromatic carbocycles. The number of ether oxygens (including phenoxy) is 1. The van der Waals surface area contributed by atoms with Crippen LogP contribution in [-0.4, -0.2) is 18.1 Å². The highest BCUT2D eigenvalue weighted by molar-refractivity contribution is 6.17. The molecule has 0 fully saturated rings. The van der Waals surface area contributed by atoms with Gasteiger partial charge in [-0.25, -0.2) is 8.78 Å². The van der Waals surface area contributed by atoms with Crippen LogP contribution in [0.2, 0.25) is 0 Å². The molecule has 0 spiro atoms. The minimum atomic E-state index is -2.77. The van der Waals surface area contributed by atoms with Crippen molar-refractivity contribution in [2.24, 2.45) is 0 Å². The van der Waals surface area contributed by atoms with Crippen molar-refractivity contribution in [1.29, 1.82) is 0 Å². The number of H-pyrrole nitrogens is 1. The van der Waals surface area contributed by atoms with E-state index < -0.39 is 18.0 Å². The Morgan fingerprint density at radius 3 is 2.65 bits per heavy atom. The quantitative estimate of drug-likeness (QED) is 0.667. The van der Waals surface area contributed by atoms with Crippen molar-refractivity contribution in [2.45, 2.75) is 18.7 Å². The van der Waals surface area contributed by atoms with E-state index in [9.17, 15) is 18.4 Å². The number of hydrogen-bond donors (Lipinski definition) is 1. The van der Waals surface area contributed by atoms with E-state index in [1.165, 1.54) is 0 Å². The SMILES string of the molecule is COC(=O)Cc1c(CCl)c(C(F)F)c[nH]c1=O. The molecule has 0 radical (unpaired) electrons. The summed E-state index contributed by atoms with van der Waals surface area (Å²) in [5.74, 6) is -0.955. The molecule has 0 amide bonds. The average Bonchev–Trinajstić information content (AvgIpc) is 2.30. The zero-order valence-electron chi connectivity index (χ0n) is 8.93.